The first-order valence-corrected chi connectivity index (χ1v) is 5.50. The SMILES string of the molecule is CCOC(=O)/C(F)=C1\CN2CCC1CC2. The Labute approximate surface area is 88.9 Å². The number of halogens is 1. The zero-order valence-electron chi connectivity index (χ0n) is 8.96. The monoisotopic (exact) mass is 213 g/mol. The van der Waals surface area contributed by atoms with Crippen molar-refractivity contribution in [1.29, 1.82) is 0 Å². The third kappa shape index (κ3) is 2.04. The minimum Gasteiger partial charge on any atom is -0.461 e. The van der Waals surface area contributed by atoms with Crippen LogP contribution in [0.1, 0.15) is 19.8 Å². The molecule has 0 radical (unpaired) electrons. The van der Waals surface area contributed by atoms with Crippen molar-refractivity contribution < 1.29 is 13.9 Å². The number of hydrogen-bond acceptors (Lipinski definition) is 3. The van der Waals surface area contributed by atoms with Gasteiger partial charge in [0.1, 0.15) is 0 Å². The second-order valence-corrected chi connectivity index (χ2v) is 4.11. The maximum atomic E-state index is 13.7. The molecule has 15 heavy (non-hydrogen) atoms. The minimum absolute atomic E-state index is 0.230. The first kappa shape index (κ1) is 10.6. The van der Waals surface area contributed by atoms with Crippen molar-refractivity contribution in [3.8, 4) is 0 Å². The van der Waals surface area contributed by atoms with Gasteiger partial charge in [-0.25, -0.2) is 4.79 Å². The molecule has 3 aliphatic rings. The van der Waals surface area contributed by atoms with Gasteiger partial charge in [0.2, 0.25) is 5.83 Å². The van der Waals surface area contributed by atoms with Crippen LogP contribution >= 0.6 is 0 Å². The molecule has 3 rings (SSSR count). The summed E-state index contributed by atoms with van der Waals surface area (Å²) < 4.78 is 18.4. The second kappa shape index (κ2) is 4.31. The van der Waals surface area contributed by atoms with E-state index < -0.39 is 11.8 Å². The topological polar surface area (TPSA) is 29.5 Å². The normalized spacial score (nSPS) is 32.7. The molecule has 0 amide bonds. The largest absolute Gasteiger partial charge is 0.461 e. The molecule has 0 saturated carbocycles. The Hall–Kier alpha value is -0.900. The summed E-state index contributed by atoms with van der Waals surface area (Å²) in [6.45, 7) is 4.59. The third-order valence-electron chi connectivity index (χ3n) is 3.21. The highest BCUT2D eigenvalue weighted by Crippen LogP contribution is 2.34. The van der Waals surface area contributed by atoms with E-state index in [4.69, 9.17) is 0 Å². The van der Waals surface area contributed by atoms with Gasteiger partial charge >= 0.3 is 5.97 Å². The van der Waals surface area contributed by atoms with Crippen LogP contribution in [0.5, 0.6) is 0 Å². The van der Waals surface area contributed by atoms with Crippen molar-refractivity contribution in [2.24, 2.45) is 5.92 Å². The summed E-state index contributed by atoms with van der Waals surface area (Å²) in [4.78, 5) is 13.4. The summed E-state index contributed by atoms with van der Waals surface area (Å²) in [6.07, 6.45) is 1.95. The maximum Gasteiger partial charge on any atom is 0.367 e. The summed E-state index contributed by atoms with van der Waals surface area (Å²) in [7, 11) is 0. The van der Waals surface area contributed by atoms with E-state index in [1.54, 1.807) is 6.92 Å². The number of esters is 1. The molecule has 0 atom stereocenters. The number of rotatable bonds is 2. The van der Waals surface area contributed by atoms with Crippen molar-refractivity contribution in [2.45, 2.75) is 19.8 Å². The van der Waals surface area contributed by atoms with Gasteiger partial charge in [0.05, 0.1) is 6.61 Å². The van der Waals surface area contributed by atoms with Gasteiger partial charge in [-0.1, -0.05) is 0 Å². The van der Waals surface area contributed by atoms with Crippen LogP contribution in [0.25, 0.3) is 0 Å². The van der Waals surface area contributed by atoms with Crippen LogP contribution in [0.3, 0.4) is 0 Å². The molecule has 3 heterocycles. The van der Waals surface area contributed by atoms with Crippen molar-refractivity contribution >= 4 is 5.97 Å². The van der Waals surface area contributed by atoms with Gasteiger partial charge in [-0.2, -0.15) is 4.39 Å². The lowest BCUT2D eigenvalue weighted by molar-refractivity contribution is -0.140. The van der Waals surface area contributed by atoms with E-state index in [0.29, 0.717) is 12.1 Å². The summed E-state index contributed by atoms with van der Waals surface area (Å²) in [5.74, 6) is -1.17. The predicted molar refractivity (Wildman–Crippen MR) is 53.9 cm³/mol. The molecule has 0 aromatic rings. The van der Waals surface area contributed by atoms with Crippen molar-refractivity contribution in [2.75, 3.05) is 26.2 Å². The molecule has 3 aliphatic heterocycles. The van der Waals surface area contributed by atoms with E-state index in [9.17, 15) is 9.18 Å². The Morgan fingerprint density at radius 2 is 2.20 bits per heavy atom. The molecule has 3 saturated heterocycles. The van der Waals surface area contributed by atoms with Crippen molar-refractivity contribution in [3.05, 3.63) is 11.4 Å². The average molecular weight is 213 g/mol. The lowest BCUT2D eigenvalue weighted by Crippen LogP contribution is -2.43. The summed E-state index contributed by atoms with van der Waals surface area (Å²) in [5.41, 5.74) is 0.658. The zero-order valence-corrected chi connectivity index (χ0v) is 8.96. The van der Waals surface area contributed by atoms with Crippen LogP contribution < -0.4 is 0 Å². The Morgan fingerprint density at radius 1 is 1.53 bits per heavy atom. The molecule has 0 aliphatic carbocycles. The standard InChI is InChI=1S/C11H16FNO2/c1-2-15-11(14)10(12)9-7-13-5-3-8(9)4-6-13/h8H,2-7H2,1H3/b10-9-. The van der Waals surface area contributed by atoms with E-state index in [0.717, 1.165) is 25.9 Å². The minimum atomic E-state index is -0.791. The van der Waals surface area contributed by atoms with E-state index in [-0.39, 0.29) is 12.5 Å². The Kier molecular flexibility index (Phi) is 3.05. The lowest BCUT2D eigenvalue weighted by Gasteiger charge is -2.40. The smallest absolute Gasteiger partial charge is 0.367 e. The number of nitrogens with zero attached hydrogens (tertiary/aromatic N) is 1. The number of carbonyl (C=O) groups excluding carboxylic acids is 1. The number of hydrogen-bond donors (Lipinski definition) is 0. The predicted octanol–water partition coefficient (Wildman–Crippen LogP) is 1.50. The van der Waals surface area contributed by atoms with E-state index in [1.807, 2.05) is 0 Å². The summed E-state index contributed by atoms with van der Waals surface area (Å²) >= 11 is 0. The molecule has 84 valence electrons. The Bertz CT molecular complexity index is 293. The van der Waals surface area contributed by atoms with E-state index >= 15 is 0 Å². The molecule has 3 fully saturated rings. The fourth-order valence-corrected chi connectivity index (χ4v) is 2.38. The van der Waals surface area contributed by atoms with E-state index in [1.165, 1.54) is 0 Å². The Morgan fingerprint density at radius 3 is 2.67 bits per heavy atom. The molecule has 0 spiro atoms. The number of piperidine rings is 3. The lowest BCUT2D eigenvalue weighted by atomic mass is 9.83. The molecule has 2 bridgehead atoms. The zero-order chi connectivity index (χ0) is 10.8. The highest BCUT2D eigenvalue weighted by atomic mass is 19.1. The van der Waals surface area contributed by atoms with E-state index in [2.05, 4.69) is 9.64 Å². The van der Waals surface area contributed by atoms with Gasteiger partial charge < -0.3 is 4.74 Å². The second-order valence-electron chi connectivity index (χ2n) is 4.11. The molecule has 0 aromatic carbocycles. The van der Waals surface area contributed by atoms with Gasteiger partial charge in [-0.15, -0.1) is 0 Å². The van der Waals surface area contributed by atoms with Gasteiger partial charge in [-0.05, 0) is 44.3 Å². The summed E-state index contributed by atoms with van der Waals surface area (Å²) in [5, 5.41) is 0. The van der Waals surface area contributed by atoms with Gasteiger partial charge in [0.15, 0.2) is 0 Å². The first-order valence-electron chi connectivity index (χ1n) is 5.50. The number of ether oxygens (including phenoxy) is 1. The van der Waals surface area contributed by atoms with Gasteiger partial charge in [0.25, 0.3) is 0 Å². The van der Waals surface area contributed by atoms with Crippen LogP contribution in [-0.2, 0) is 9.53 Å². The number of fused-ring (bicyclic) bond motifs is 3. The molecule has 0 N–H and O–H groups in total. The van der Waals surface area contributed by atoms with Crippen LogP contribution in [0.4, 0.5) is 4.39 Å². The molecule has 0 aromatic heterocycles. The molecular weight excluding hydrogens is 197 g/mol. The van der Waals surface area contributed by atoms with Crippen molar-refractivity contribution in [3.63, 3.8) is 0 Å². The quantitative estimate of drug-likeness (QED) is 0.514. The van der Waals surface area contributed by atoms with Gasteiger partial charge in [0, 0.05) is 6.54 Å². The van der Waals surface area contributed by atoms with Crippen LogP contribution in [0, 0.1) is 5.92 Å². The average Bonchev–Trinajstić information content (AvgIpc) is 2.30. The summed E-state index contributed by atoms with van der Waals surface area (Å²) in [6, 6.07) is 0. The highest BCUT2D eigenvalue weighted by molar-refractivity contribution is 5.87. The van der Waals surface area contributed by atoms with Crippen LogP contribution in [0.15, 0.2) is 11.4 Å². The highest BCUT2D eigenvalue weighted by Gasteiger charge is 2.33. The van der Waals surface area contributed by atoms with Crippen LogP contribution in [-0.4, -0.2) is 37.1 Å². The molecule has 3 nitrogen and oxygen atoms in total. The Balaban J connectivity index is 2.14. The fraction of sp³-hybridized carbons (Fsp3) is 0.727. The third-order valence-corrected chi connectivity index (χ3v) is 3.21. The maximum absolute atomic E-state index is 13.7. The van der Waals surface area contributed by atoms with Crippen molar-refractivity contribution in [1.82, 2.24) is 4.90 Å². The molecule has 4 heteroatoms. The first-order chi connectivity index (χ1) is 7.22. The van der Waals surface area contributed by atoms with Crippen LogP contribution in [0.2, 0.25) is 0 Å². The van der Waals surface area contributed by atoms with Gasteiger partial charge in [-0.3, -0.25) is 4.90 Å². The molecular formula is C11H16FNO2. The number of carbonyl (C=O) groups is 1. The molecule has 0 unspecified atom stereocenters. The fourth-order valence-electron chi connectivity index (χ4n) is 2.38.